The standard InChI is InChI=1S/C15H21N/c1-12-3-5-14(6-4-12)7-8-15-11-13(2)9-10-16-15/h3-8,13,15-16H,9-11H2,1-2H3/b8-7+. The Labute approximate surface area is 98.6 Å². The zero-order valence-electron chi connectivity index (χ0n) is 10.2. The summed E-state index contributed by atoms with van der Waals surface area (Å²) in [5.74, 6) is 0.855. The highest BCUT2D eigenvalue weighted by molar-refractivity contribution is 5.50. The number of nitrogens with one attached hydrogen (secondary N) is 1. The lowest BCUT2D eigenvalue weighted by molar-refractivity contribution is 0.357. The van der Waals surface area contributed by atoms with Gasteiger partial charge in [0.05, 0.1) is 0 Å². The second kappa shape index (κ2) is 5.31. The molecule has 1 heterocycles. The van der Waals surface area contributed by atoms with Gasteiger partial charge in [-0.25, -0.2) is 0 Å². The Balaban J connectivity index is 1.95. The van der Waals surface area contributed by atoms with Gasteiger partial charge in [-0.3, -0.25) is 0 Å². The first-order chi connectivity index (χ1) is 7.74. The second-order valence-corrected chi connectivity index (χ2v) is 4.96. The number of hydrogen-bond acceptors (Lipinski definition) is 1. The third-order valence-electron chi connectivity index (χ3n) is 3.30. The van der Waals surface area contributed by atoms with Gasteiger partial charge in [0.2, 0.25) is 0 Å². The summed E-state index contributed by atoms with van der Waals surface area (Å²) >= 11 is 0. The van der Waals surface area contributed by atoms with Crippen LogP contribution in [-0.2, 0) is 0 Å². The molecule has 0 saturated carbocycles. The van der Waals surface area contributed by atoms with Gasteiger partial charge in [-0.1, -0.05) is 48.9 Å². The van der Waals surface area contributed by atoms with Gasteiger partial charge in [-0.05, 0) is 37.8 Å². The van der Waals surface area contributed by atoms with Crippen molar-refractivity contribution < 1.29 is 0 Å². The zero-order valence-corrected chi connectivity index (χ0v) is 10.2. The van der Waals surface area contributed by atoms with Gasteiger partial charge in [-0.15, -0.1) is 0 Å². The molecule has 0 spiro atoms. The molecule has 1 saturated heterocycles. The third-order valence-corrected chi connectivity index (χ3v) is 3.30. The highest BCUT2D eigenvalue weighted by atomic mass is 14.9. The van der Waals surface area contributed by atoms with E-state index in [2.05, 4.69) is 55.6 Å². The predicted octanol–water partition coefficient (Wildman–Crippen LogP) is 3.40. The summed E-state index contributed by atoms with van der Waals surface area (Å²) in [6.07, 6.45) is 7.12. The number of benzene rings is 1. The topological polar surface area (TPSA) is 12.0 Å². The van der Waals surface area contributed by atoms with E-state index in [1.807, 2.05) is 0 Å². The van der Waals surface area contributed by atoms with Crippen molar-refractivity contribution in [3.05, 3.63) is 41.5 Å². The van der Waals surface area contributed by atoms with Gasteiger partial charge >= 0.3 is 0 Å². The molecule has 0 aliphatic carbocycles. The van der Waals surface area contributed by atoms with Crippen molar-refractivity contribution in [1.29, 1.82) is 0 Å². The van der Waals surface area contributed by atoms with Gasteiger partial charge in [-0.2, -0.15) is 0 Å². The molecular weight excluding hydrogens is 194 g/mol. The van der Waals surface area contributed by atoms with Gasteiger partial charge < -0.3 is 5.32 Å². The van der Waals surface area contributed by atoms with Crippen LogP contribution < -0.4 is 5.32 Å². The smallest absolute Gasteiger partial charge is 0.0255 e. The number of piperidine rings is 1. The summed E-state index contributed by atoms with van der Waals surface area (Å²) in [4.78, 5) is 0. The minimum atomic E-state index is 0.560. The first-order valence-corrected chi connectivity index (χ1v) is 6.22. The van der Waals surface area contributed by atoms with Crippen LogP contribution in [-0.4, -0.2) is 12.6 Å². The van der Waals surface area contributed by atoms with Gasteiger partial charge in [0, 0.05) is 6.04 Å². The molecule has 2 unspecified atom stereocenters. The van der Waals surface area contributed by atoms with Gasteiger partial charge in [0.1, 0.15) is 0 Å². The maximum atomic E-state index is 3.54. The summed E-state index contributed by atoms with van der Waals surface area (Å²) in [6, 6.07) is 9.24. The van der Waals surface area contributed by atoms with Crippen LogP contribution in [0.25, 0.3) is 6.08 Å². The Morgan fingerprint density at radius 3 is 2.69 bits per heavy atom. The summed E-state index contributed by atoms with van der Waals surface area (Å²) in [7, 11) is 0. The monoisotopic (exact) mass is 215 g/mol. The van der Waals surface area contributed by atoms with E-state index >= 15 is 0 Å². The van der Waals surface area contributed by atoms with E-state index < -0.39 is 0 Å². The molecule has 0 aromatic heterocycles. The molecule has 2 rings (SSSR count). The lowest BCUT2D eigenvalue weighted by Crippen LogP contribution is -2.35. The first kappa shape index (κ1) is 11.4. The summed E-state index contributed by atoms with van der Waals surface area (Å²) in [5.41, 5.74) is 2.62. The fourth-order valence-electron chi connectivity index (χ4n) is 2.20. The molecule has 1 nitrogen and oxygen atoms in total. The minimum Gasteiger partial charge on any atom is -0.310 e. The Kier molecular flexibility index (Phi) is 3.79. The Hall–Kier alpha value is -1.08. The van der Waals surface area contributed by atoms with Crippen LogP contribution in [0.15, 0.2) is 30.3 Å². The number of hydrogen-bond donors (Lipinski definition) is 1. The second-order valence-electron chi connectivity index (χ2n) is 4.96. The molecule has 2 atom stereocenters. The minimum absolute atomic E-state index is 0.560. The van der Waals surface area contributed by atoms with Gasteiger partial charge in [0.25, 0.3) is 0 Å². The molecule has 0 bridgehead atoms. The molecule has 1 heteroatoms. The number of rotatable bonds is 2. The van der Waals surface area contributed by atoms with Crippen molar-refractivity contribution in [3.8, 4) is 0 Å². The van der Waals surface area contributed by atoms with Crippen molar-refractivity contribution in [3.63, 3.8) is 0 Å². The van der Waals surface area contributed by atoms with Crippen molar-refractivity contribution in [2.24, 2.45) is 5.92 Å². The maximum absolute atomic E-state index is 3.54. The van der Waals surface area contributed by atoms with E-state index in [9.17, 15) is 0 Å². The Morgan fingerprint density at radius 2 is 2.00 bits per heavy atom. The summed E-state index contributed by atoms with van der Waals surface area (Å²) < 4.78 is 0. The molecular formula is C15H21N. The largest absolute Gasteiger partial charge is 0.310 e. The molecule has 0 amide bonds. The Bertz CT molecular complexity index is 350. The molecule has 1 aliphatic rings. The van der Waals surface area contributed by atoms with Crippen molar-refractivity contribution in [1.82, 2.24) is 5.32 Å². The first-order valence-electron chi connectivity index (χ1n) is 6.22. The summed E-state index contributed by atoms with van der Waals surface area (Å²) in [6.45, 7) is 5.62. The number of aryl methyl sites for hydroxylation is 1. The Morgan fingerprint density at radius 1 is 1.25 bits per heavy atom. The highest BCUT2D eigenvalue weighted by Crippen LogP contribution is 2.16. The molecule has 1 aliphatic heterocycles. The van der Waals surface area contributed by atoms with E-state index in [1.54, 1.807) is 0 Å². The van der Waals surface area contributed by atoms with Crippen LogP contribution >= 0.6 is 0 Å². The van der Waals surface area contributed by atoms with Crippen LogP contribution in [0.4, 0.5) is 0 Å². The molecule has 1 N–H and O–H groups in total. The average Bonchev–Trinajstić information content (AvgIpc) is 2.28. The van der Waals surface area contributed by atoms with Crippen LogP contribution in [0, 0.1) is 12.8 Å². The van der Waals surface area contributed by atoms with Crippen molar-refractivity contribution >= 4 is 6.08 Å². The van der Waals surface area contributed by atoms with Crippen LogP contribution in [0.1, 0.15) is 30.9 Å². The molecule has 16 heavy (non-hydrogen) atoms. The molecule has 1 fully saturated rings. The predicted molar refractivity (Wildman–Crippen MR) is 70.4 cm³/mol. The van der Waals surface area contributed by atoms with E-state index in [4.69, 9.17) is 0 Å². The van der Waals surface area contributed by atoms with E-state index in [1.165, 1.54) is 24.0 Å². The molecule has 0 radical (unpaired) electrons. The third kappa shape index (κ3) is 3.21. The van der Waals surface area contributed by atoms with Crippen LogP contribution in [0.2, 0.25) is 0 Å². The van der Waals surface area contributed by atoms with Crippen molar-refractivity contribution in [2.45, 2.75) is 32.7 Å². The highest BCUT2D eigenvalue weighted by Gasteiger charge is 2.14. The average molecular weight is 215 g/mol. The molecule has 86 valence electrons. The normalized spacial score (nSPS) is 26.1. The maximum Gasteiger partial charge on any atom is 0.0255 e. The lowest BCUT2D eigenvalue weighted by atomic mass is 9.94. The SMILES string of the molecule is Cc1ccc(/C=C/C2CC(C)CCN2)cc1. The molecule has 1 aromatic carbocycles. The van der Waals surface area contributed by atoms with E-state index in [-0.39, 0.29) is 0 Å². The summed E-state index contributed by atoms with van der Waals surface area (Å²) in [5, 5.41) is 3.54. The van der Waals surface area contributed by atoms with Gasteiger partial charge in [0.15, 0.2) is 0 Å². The zero-order chi connectivity index (χ0) is 11.4. The van der Waals surface area contributed by atoms with Crippen LogP contribution in [0.3, 0.4) is 0 Å². The lowest BCUT2D eigenvalue weighted by Gasteiger charge is -2.25. The van der Waals surface area contributed by atoms with Crippen molar-refractivity contribution in [2.75, 3.05) is 6.54 Å². The quantitative estimate of drug-likeness (QED) is 0.797. The molecule has 1 aromatic rings. The fraction of sp³-hybridized carbons (Fsp3) is 0.467. The van der Waals surface area contributed by atoms with E-state index in [0.29, 0.717) is 6.04 Å². The van der Waals surface area contributed by atoms with E-state index in [0.717, 1.165) is 12.5 Å². The fourth-order valence-corrected chi connectivity index (χ4v) is 2.20. The van der Waals surface area contributed by atoms with Crippen LogP contribution in [0.5, 0.6) is 0 Å².